The van der Waals surface area contributed by atoms with Crippen LogP contribution in [-0.4, -0.2) is 15.8 Å². The van der Waals surface area contributed by atoms with E-state index in [1.165, 1.54) is 11.3 Å². The molecule has 1 aromatic carbocycles. The summed E-state index contributed by atoms with van der Waals surface area (Å²) in [5, 5.41) is 9.52. The van der Waals surface area contributed by atoms with Crippen molar-refractivity contribution < 1.29 is 14.1 Å². The van der Waals surface area contributed by atoms with Crippen LogP contribution in [0.15, 0.2) is 46.3 Å². The molecule has 0 aliphatic rings. The zero-order chi connectivity index (χ0) is 22.1. The lowest BCUT2D eigenvalue weighted by Gasteiger charge is -2.12. The molecule has 3 aromatic heterocycles. The molecular weight excluding hydrogens is 457 g/mol. The van der Waals surface area contributed by atoms with Crippen LogP contribution in [0.3, 0.4) is 0 Å². The molecule has 0 fully saturated rings. The summed E-state index contributed by atoms with van der Waals surface area (Å²) < 4.78 is 12.9. The summed E-state index contributed by atoms with van der Waals surface area (Å²) >= 11 is 14.1. The normalized spacial score (nSPS) is 11.0. The lowest BCUT2D eigenvalue weighted by molar-refractivity contribution is 0.156. The Morgan fingerprint density at radius 3 is 2.48 bits per heavy atom. The molecule has 0 atom stereocenters. The third kappa shape index (κ3) is 4.21. The minimum atomic E-state index is -0.629. The minimum absolute atomic E-state index is 0.127. The van der Waals surface area contributed by atoms with Crippen molar-refractivity contribution in [2.24, 2.45) is 0 Å². The van der Waals surface area contributed by atoms with Crippen LogP contribution in [0.1, 0.15) is 22.0 Å². The van der Waals surface area contributed by atoms with E-state index in [0.717, 1.165) is 22.0 Å². The first-order valence-electron chi connectivity index (χ1n) is 9.43. The second kappa shape index (κ2) is 8.78. The molecule has 0 spiro atoms. The van der Waals surface area contributed by atoms with Gasteiger partial charge in [-0.05, 0) is 56.5 Å². The molecule has 0 radical (unpaired) electrons. The molecule has 31 heavy (non-hydrogen) atoms. The van der Waals surface area contributed by atoms with Gasteiger partial charge >= 0.3 is 6.09 Å². The lowest BCUT2D eigenvalue weighted by atomic mass is 10.1. The highest BCUT2D eigenvalue weighted by Crippen LogP contribution is 2.39. The number of hydrogen-bond donors (Lipinski definition) is 1. The summed E-state index contributed by atoms with van der Waals surface area (Å²) in [4.78, 5) is 13.5. The maximum Gasteiger partial charge on any atom is 0.412 e. The van der Waals surface area contributed by atoms with Gasteiger partial charge in [0.25, 0.3) is 0 Å². The van der Waals surface area contributed by atoms with Crippen LogP contribution < -0.4 is 5.32 Å². The average Bonchev–Trinajstić information content (AvgIpc) is 3.41. The highest BCUT2D eigenvalue weighted by atomic mass is 35.5. The van der Waals surface area contributed by atoms with Gasteiger partial charge in [-0.25, -0.2) is 4.79 Å². The summed E-state index contributed by atoms with van der Waals surface area (Å²) in [6, 6.07) is 11.2. The van der Waals surface area contributed by atoms with Gasteiger partial charge < -0.3 is 13.8 Å². The number of carbonyl (C=O) groups is 1. The topological polar surface area (TPSA) is 69.3 Å². The highest BCUT2D eigenvalue weighted by Gasteiger charge is 2.22. The van der Waals surface area contributed by atoms with E-state index in [-0.39, 0.29) is 6.61 Å². The number of nitrogens with one attached hydrogen (secondary N) is 1. The van der Waals surface area contributed by atoms with Gasteiger partial charge in [-0.15, -0.1) is 11.3 Å². The molecule has 9 heteroatoms. The van der Waals surface area contributed by atoms with Crippen molar-refractivity contribution >= 4 is 46.3 Å². The van der Waals surface area contributed by atoms with Crippen LogP contribution in [0.25, 0.3) is 16.9 Å². The Labute approximate surface area is 193 Å². The fraction of sp³-hybridized carbons (Fsp3) is 0.182. The van der Waals surface area contributed by atoms with Crippen LogP contribution in [0, 0.1) is 20.8 Å². The van der Waals surface area contributed by atoms with E-state index in [0.29, 0.717) is 32.8 Å². The quantitative estimate of drug-likeness (QED) is 0.331. The van der Waals surface area contributed by atoms with Gasteiger partial charge in [-0.1, -0.05) is 34.4 Å². The van der Waals surface area contributed by atoms with E-state index < -0.39 is 6.09 Å². The number of nitrogens with zero attached hydrogens (tertiary/aromatic N) is 2. The summed E-state index contributed by atoms with van der Waals surface area (Å²) in [6.45, 7) is 5.89. The van der Waals surface area contributed by atoms with Gasteiger partial charge in [0, 0.05) is 17.0 Å². The third-order valence-corrected chi connectivity index (χ3v) is 6.37. The van der Waals surface area contributed by atoms with E-state index in [2.05, 4.69) is 27.2 Å². The van der Waals surface area contributed by atoms with Crippen LogP contribution >= 0.6 is 34.5 Å². The molecule has 4 aromatic rings. The Morgan fingerprint density at radius 2 is 1.81 bits per heavy atom. The van der Waals surface area contributed by atoms with Crippen molar-refractivity contribution in [1.29, 1.82) is 0 Å². The first-order valence-corrected chi connectivity index (χ1v) is 11.1. The Kier molecular flexibility index (Phi) is 6.09. The number of benzene rings is 1. The third-order valence-electron chi connectivity index (χ3n) is 4.86. The van der Waals surface area contributed by atoms with Gasteiger partial charge in [0.05, 0.1) is 20.6 Å². The van der Waals surface area contributed by atoms with E-state index in [1.54, 1.807) is 25.1 Å². The maximum atomic E-state index is 12.6. The van der Waals surface area contributed by atoms with Crippen molar-refractivity contribution in [3.8, 4) is 16.9 Å². The second-order valence-electron chi connectivity index (χ2n) is 6.94. The number of aryl methyl sites for hydroxylation is 3. The number of rotatable bonds is 5. The highest BCUT2D eigenvalue weighted by molar-refractivity contribution is 7.10. The Hall–Kier alpha value is -2.74. The number of amides is 1. The minimum Gasteiger partial charge on any atom is -0.443 e. The van der Waals surface area contributed by atoms with Crippen molar-refractivity contribution in [2.45, 2.75) is 27.4 Å². The van der Waals surface area contributed by atoms with Gasteiger partial charge in [-0.3, -0.25) is 5.32 Å². The van der Waals surface area contributed by atoms with Crippen molar-refractivity contribution in [3.63, 3.8) is 0 Å². The van der Waals surface area contributed by atoms with Crippen LogP contribution in [0.4, 0.5) is 10.5 Å². The summed E-state index contributed by atoms with van der Waals surface area (Å²) in [7, 11) is 0. The molecule has 0 bridgehead atoms. The number of halogens is 2. The number of carbonyl (C=O) groups excluding carboxylic acids is 1. The molecule has 4 rings (SSSR count). The van der Waals surface area contributed by atoms with E-state index >= 15 is 0 Å². The molecule has 0 aliphatic heterocycles. The molecule has 0 saturated heterocycles. The van der Waals surface area contributed by atoms with E-state index in [1.807, 2.05) is 25.3 Å². The van der Waals surface area contributed by atoms with Crippen molar-refractivity contribution in [3.05, 3.63) is 73.8 Å². The van der Waals surface area contributed by atoms with Crippen molar-refractivity contribution in [2.75, 3.05) is 5.32 Å². The molecular formula is C22H19Cl2N3O3S. The smallest absolute Gasteiger partial charge is 0.412 e. The molecule has 0 unspecified atom stereocenters. The van der Waals surface area contributed by atoms with Crippen molar-refractivity contribution in [1.82, 2.24) is 9.72 Å². The molecule has 1 N–H and O–H groups in total. The Bertz CT molecular complexity index is 1220. The number of anilines is 1. The zero-order valence-corrected chi connectivity index (χ0v) is 19.4. The monoisotopic (exact) mass is 475 g/mol. The van der Waals surface area contributed by atoms with Crippen LogP contribution in [0.2, 0.25) is 10.0 Å². The summed E-state index contributed by atoms with van der Waals surface area (Å²) in [6.07, 6.45) is -0.629. The van der Waals surface area contributed by atoms with E-state index in [4.69, 9.17) is 32.5 Å². The number of hydrogen-bond acceptors (Lipinski definition) is 5. The number of ether oxygens (including phenoxy) is 1. The number of aromatic nitrogens is 2. The predicted molar refractivity (Wildman–Crippen MR) is 124 cm³/mol. The first-order chi connectivity index (χ1) is 14.9. The molecule has 6 nitrogen and oxygen atoms in total. The average molecular weight is 476 g/mol. The molecule has 3 heterocycles. The molecule has 160 valence electrons. The predicted octanol–water partition coefficient (Wildman–Crippen LogP) is 7.17. The van der Waals surface area contributed by atoms with Gasteiger partial charge in [0.1, 0.15) is 18.0 Å². The standard InChI is InChI=1S/C22H19Cl2N3O3S/c1-12-7-8-13(2)27(12)17-9-10-31-18(17)11-29-22(28)25-20-14(3)30-26-21(20)19-15(23)5-4-6-16(19)24/h4-10H,11H2,1-3H3,(H,25,28). The maximum absolute atomic E-state index is 12.6. The SMILES string of the molecule is Cc1onc(-c2c(Cl)cccc2Cl)c1NC(=O)OCc1sccc1-n1c(C)ccc1C. The fourth-order valence-electron chi connectivity index (χ4n) is 3.37. The largest absolute Gasteiger partial charge is 0.443 e. The molecule has 0 aliphatic carbocycles. The summed E-state index contributed by atoms with van der Waals surface area (Å²) in [5.41, 5.74) is 4.43. The van der Waals surface area contributed by atoms with E-state index in [9.17, 15) is 4.79 Å². The molecule has 0 saturated carbocycles. The van der Waals surface area contributed by atoms with Crippen LogP contribution in [-0.2, 0) is 11.3 Å². The van der Waals surface area contributed by atoms with Gasteiger partial charge in [0.2, 0.25) is 0 Å². The fourth-order valence-corrected chi connectivity index (χ4v) is 4.72. The van der Waals surface area contributed by atoms with Gasteiger partial charge in [0.15, 0.2) is 5.76 Å². The Morgan fingerprint density at radius 1 is 1.13 bits per heavy atom. The van der Waals surface area contributed by atoms with Gasteiger partial charge in [-0.2, -0.15) is 0 Å². The number of thiophene rings is 1. The Balaban J connectivity index is 1.52. The first kappa shape index (κ1) is 21.5. The van der Waals surface area contributed by atoms with Crippen LogP contribution in [0.5, 0.6) is 0 Å². The zero-order valence-electron chi connectivity index (χ0n) is 17.0. The lowest BCUT2D eigenvalue weighted by Crippen LogP contribution is -2.14. The molecule has 1 amide bonds. The summed E-state index contributed by atoms with van der Waals surface area (Å²) in [5.74, 6) is 0.415. The second-order valence-corrected chi connectivity index (χ2v) is 8.76.